The second kappa shape index (κ2) is 60.8. The minimum absolute atomic E-state index is 0. The van der Waals surface area contributed by atoms with Gasteiger partial charge in [0.05, 0.1) is 0 Å². The molecule has 0 aromatic rings. The third-order valence-corrected chi connectivity index (χ3v) is 0. The number of hydrogen-bond donors (Lipinski definition) is 0. The maximum absolute atomic E-state index is 0. The fraction of sp³-hybridized carbons (Fsp3) is 0. The van der Waals surface area contributed by atoms with Gasteiger partial charge in [-0.1, -0.05) is 0 Å². The Morgan fingerprint density at radius 1 is 0.500 bits per heavy atom. The van der Waals surface area contributed by atoms with E-state index in [0.29, 0.717) is 0 Å². The molecule has 0 aliphatic carbocycles. The summed E-state index contributed by atoms with van der Waals surface area (Å²) in [5, 5.41) is 0. The van der Waals surface area contributed by atoms with Gasteiger partial charge in [0.2, 0.25) is 0 Å². The van der Waals surface area contributed by atoms with Gasteiger partial charge < -0.3 is 18.8 Å². The molecule has 0 aliphatic heterocycles. The molecule has 37 valence electrons. The Morgan fingerprint density at radius 3 is 0.500 bits per heavy atom. The molecule has 0 saturated heterocycles. The van der Waals surface area contributed by atoms with E-state index < -0.39 is 0 Å². The van der Waals surface area contributed by atoms with E-state index in [1.807, 2.05) is 0 Å². The van der Waals surface area contributed by atoms with Crippen LogP contribution in [0.3, 0.4) is 0 Å². The van der Waals surface area contributed by atoms with Crippen LogP contribution in [-0.4, -0.2) is 23.1 Å². The Labute approximate surface area is 89.6 Å². The summed E-state index contributed by atoms with van der Waals surface area (Å²) in [5.41, 5.74) is 0. The fourth-order valence-corrected chi connectivity index (χ4v) is 0. The third kappa shape index (κ3) is 36.4. The molecule has 0 atom stereocenters. The van der Waals surface area contributed by atoms with Crippen molar-refractivity contribution in [2.75, 3.05) is 0 Å². The topological polar surface area (TPSA) is 0 Å². The van der Waals surface area contributed by atoms with Crippen LogP contribution in [0.2, 0.25) is 0 Å². The summed E-state index contributed by atoms with van der Waals surface area (Å²) in [6.45, 7) is 0. The molecule has 6 heteroatoms. The Morgan fingerprint density at radius 2 is 0.500 bits per heavy atom. The molecule has 0 amide bonds. The number of hydrogen-bond acceptors (Lipinski definition) is 0. The van der Waals surface area contributed by atoms with Gasteiger partial charge in [0.15, 0.2) is 0 Å². The van der Waals surface area contributed by atoms with Crippen LogP contribution in [0.25, 0.3) is 0 Å². The first-order valence-corrected chi connectivity index (χ1v) is 0. The molecule has 6 heavy (non-hydrogen) atoms. The predicted octanol–water partition coefficient (Wildman–Crippen LogP) is -12.4. The largest absolute Gasteiger partial charge is 2.00 e. The smallest absolute Gasteiger partial charge is 1.00 e. The normalized spacial score (nSPS) is 0. The number of rotatable bonds is 0. The zero-order valence-corrected chi connectivity index (χ0v) is 6.44. The standard InChI is InChI=1S/Eu.4FH.Mg/h;4*1H;/q+2;;;;;+2/p-4. The Bertz CT molecular complexity index is 7.51. The molecular formula is EuF4Mg. The van der Waals surface area contributed by atoms with Gasteiger partial charge in [-0.05, 0) is 0 Å². The van der Waals surface area contributed by atoms with E-state index in [1.54, 1.807) is 0 Å². The first-order valence-electron chi connectivity index (χ1n) is 0. The van der Waals surface area contributed by atoms with Crippen LogP contribution in [0.4, 0.5) is 0 Å². The van der Waals surface area contributed by atoms with Crippen molar-refractivity contribution in [3.05, 3.63) is 0 Å². The second-order valence-electron chi connectivity index (χ2n) is 0. The van der Waals surface area contributed by atoms with Gasteiger partial charge in [0.25, 0.3) is 0 Å². The zero-order valence-electron chi connectivity index (χ0n) is 2.60. The van der Waals surface area contributed by atoms with Gasteiger partial charge >= 0.3 is 72.4 Å². The molecule has 0 fully saturated rings. The summed E-state index contributed by atoms with van der Waals surface area (Å²) in [5.74, 6) is 0. The Balaban J connectivity index is 0. The zero-order chi connectivity index (χ0) is 0. The molecule has 0 saturated carbocycles. The van der Waals surface area contributed by atoms with Gasteiger partial charge in [-0.15, -0.1) is 0 Å². The second-order valence-corrected chi connectivity index (χ2v) is 0. The molecule has 0 aromatic carbocycles. The third-order valence-electron chi connectivity index (χ3n) is 0. The monoisotopic (exact) mass is 253 g/mol. The molecule has 0 aliphatic rings. The maximum atomic E-state index is 0. The summed E-state index contributed by atoms with van der Waals surface area (Å²) in [4.78, 5) is 0. The number of halogens is 4. The van der Waals surface area contributed by atoms with Crippen LogP contribution in [0.15, 0.2) is 0 Å². The van der Waals surface area contributed by atoms with Crippen LogP contribution < -0.4 is 18.8 Å². The molecular weight excluding hydrogens is 252 g/mol. The van der Waals surface area contributed by atoms with Crippen molar-refractivity contribution in [2.45, 2.75) is 0 Å². The minimum atomic E-state index is 0. The van der Waals surface area contributed by atoms with E-state index in [9.17, 15) is 0 Å². The van der Waals surface area contributed by atoms with Crippen molar-refractivity contribution in [3.8, 4) is 0 Å². The molecule has 0 unspecified atom stereocenters. The van der Waals surface area contributed by atoms with E-state index in [4.69, 9.17) is 0 Å². The van der Waals surface area contributed by atoms with Gasteiger partial charge in [-0.25, -0.2) is 0 Å². The summed E-state index contributed by atoms with van der Waals surface area (Å²) in [7, 11) is 0. The summed E-state index contributed by atoms with van der Waals surface area (Å²) in [6, 6.07) is 0. The minimum Gasteiger partial charge on any atom is -1.00 e. The van der Waals surface area contributed by atoms with Crippen LogP contribution in [0.1, 0.15) is 0 Å². The molecule has 0 heterocycles. The van der Waals surface area contributed by atoms with Crippen molar-refractivity contribution in [3.63, 3.8) is 0 Å². The van der Waals surface area contributed by atoms with Crippen molar-refractivity contribution < 1.29 is 68.2 Å². The van der Waals surface area contributed by atoms with Gasteiger partial charge in [-0.3, -0.25) is 0 Å². The van der Waals surface area contributed by atoms with E-state index in [0.717, 1.165) is 0 Å². The quantitative estimate of drug-likeness (QED) is 0.297. The predicted molar refractivity (Wildman–Crippen MR) is 5.75 cm³/mol. The SMILES string of the molecule is [Eu+2].[F-].[F-].[F-].[F-].[Mg+2]. The average molecular weight is 252 g/mol. The van der Waals surface area contributed by atoms with Crippen molar-refractivity contribution in [1.82, 2.24) is 0 Å². The van der Waals surface area contributed by atoms with Gasteiger partial charge in [0.1, 0.15) is 0 Å². The van der Waals surface area contributed by atoms with Crippen LogP contribution in [0.5, 0.6) is 0 Å². The molecule has 0 rings (SSSR count). The van der Waals surface area contributed by atoms with Crippen molar-refractivity contribution in [2.24, 2.45) is 0 Å². The van der Waals surface area contributed by atoms with E-state index in [-0.39, 0.29) is 91.2 Å². The first-order chi connectivity index (χ1) is 0. The molecule has 0 spiro atoms. The van der Waals surface area contributed by atoms with E-state index in [1.165, 1.54) is 0 Å². The molecule has 1 radical (unpaired) electrons. The Hall–Kier alpha value is 2.07. The van der Waals surface area contributed by atoms with Crippen LogP contribution in [-0.2, 0) is 0 Å². The Kier molecular flexibility index (Phi) is 953. The van der Waals surface area contributed by atoms with Crippen LogP contribution in [0, 0.1) is 49.4 Å². The maximum Gasteiger partial charge on any atom is 2.00 e. The first kappa shape index (κ1) is 94.1. The molecule has 0 bridgehead atoms. The van der Waals surface area contributed by atoms with Crippen molar-refractivity contribution >= 4 is 23.1 Å². The summed E-state index contributed by atoms with van der Waals surface area (Å²) in [6.07, 6.45) is 0. The summed E-state index contributed by atoms with van der Waals surface area (Å²) < 4.78 is 0. The molecule has 0 aromatic heterocycles. The fourth-order valence-electron chi connectivity index (χ4n) is 0. The van der Waals surface area contributed by atoms with Crippen LogP contribution >= 0.6 is 0 Å². The molecule has 0 N–H and O–H groups in total. The average Bonchev–Trinajstić information content (AvgIpc) is 0. The van der Waals surface area contributed by atoms with E-state index in [2.05, 4.69) is 0 Å². The van der Waals surface area contributed by atoms with Gasteiger partial charge in [0, 0.05) is 0 Å². The van der Waals surface area contributed by atoms with Crippen molar-refractivity contribution in [1.29, 1.82) is 0 Å². The summed E-state index contributed by atoms with van der Waals surface area (Å²) >= 11 is 0. The van der Waals surface area contributed by atoms with E-state index >= 15 is 0 Å². The molecule has 0 nitrogen and oxygen atoms in total. The van der Waals surface area contributed by atoms with Gasteiger partial charge in [-0.2, -0.15) is 0 Å².